The Morgan fingerprint density at radius 3 is 2.77 bits per heavy atom. The number of carbonyl (C=O) groups is 1. The minimum absolute atomic E-state index is 0.336. The highest BCUT2D eigenvalue weighted by Crippen LogP contribution is 2.47. The van der Waals surface area contributed by atoms with Crippen LogP contribution in [0.5, 0.6) is 0 Å². The fraction of sp³-hybridized carbons (Fsp3) is 0.500. The molecule has 0 radical (unpaired) electrons. The average Bonchev–Trinajstić information content (AvgIpc) is 2.84. The number of hydrogen-bond donors (Lipinski definition) is 1. The number of carboxylic acids is 1. The minimum atomic E-state index is -0.722. The number of piperidine rings is 1. The molecule has 1 N–H and O–H groups in total. The molecule has 4 heterocycles. The van der Waals surface area contributed by atoms with Crippen molar-refractivity contribution < 1.29 is 9.90 Å². The van der Waals surface area contributed by atoms with E-state index in [1.54, 1.807) is 6.92 Å². The summed E-state index contributed by atoms with van der Waals surface area (Å²) in [5.41, 5.74) is 3.91. The molecule has 116 valence electrons. The van der Waals surface area contributed by atoms with Gasteiger partial charge >= 0.3 is 5.97 Å². The molecule has 0 saturated carbocycles. The van der Waals surface area contributed by atoms with Gasteiger partial charge in [0.15, 0.2) is 0 Å². The lowest BCUT2D eigenvalue weighted by atomic mass is 9.84. The summed E-state index contributed by atoms with van der Waals surface area (Å²) in [7, 11) is 2.15. The molecule has 1 saturated heterocycles. The SMILES string of the molecule is CC(Cc1ccc2c(c1)c1c(n2C)N2CCC1CC2)C(=O)O. The summed E-state index contributed by atoms with van der Waals surface area (Å²) < 4.78 is 2.32. The van der Waals surface area contributed by atoms with E-state index < -0.39 is 5.97 Å². The summed E-state index contributed by atoms with van der Waals surface area (Å²) in [5.74, 6) is 1.01. The molecule has 1 aromatic carbocycles. The van der Waals surface area contributed by atoms with Crippen LogP contribution in [0.15, 0.2) is 18.2 Å². The van der Waals surface area contributed by atoms with Crippen molar-refractivity contribution in [1.82, 2.24) is 4.57 Å². The molecule has 0 spiro atoms. The highest BCUT2D eigenvalue weighted by atomic mass is 16.4. The van der Waals surface area contributed by atoms with Gasteiger partial charge in [-0.15, -0.1) is 0 Å². The minimum Gasteiger partial charge on any atom is -0.481 e. The Morgan fingerprint density at radius 1 is 1.36 bits per heavy atom. The second kappa shape index (κ2) is 4.77. The molecule has 2 aromatic rings. The first-order valence-corrected chi connectivity index (χ1v) is 8.15. The van der Waals surface area contributed by atoms with Crippen molar-refractivity contribution in [3.63, 3.8) is 0 Å². The number of nitrogens with zero attached hydrogens (tertiary/aromatic N) is 2. The molecule has 5 rings (SSSR count). The first-order chi connectivity index (χ1) is 10.6. The lowest BCUT2D eigenvalue weighted by Crippen LogP contribution is -2.39. The largest absolute Gasteiger partial charge is 0.481 e. The maximum absolute atomic E-state index is 11.1. The average molecular weight is 298 g/mol. The first-order valence-electron chi connectivity index (χ1n) is 8.15. The third-order valence-corrected chi connectivity index (χ3v) is 5.44. The zero-order chi connectivity index (χ0) is 15.4. The summed E-state index contributed by atoms with van der Waals surface area (Å²) in [4.78, 5) is 13.6. The van der Waals surface area contributed by atoms with E-state index >= 15 is 0 Å². The first kappa shape index (κ1) is 13.7. The monoisotopic (exact) mass is 298 g/mol. The maximum atomic E-state index is 11.1. The molecular formula is C18H22N2O2. The molecule has 3 aliphatic heterocycles. The predicted octanol–water partition coefficient (Wildman–Crippen LogP) is 3.14. The fourth-order valence-electron chi connectivity index (χ4n) is 4.24. The Balaban J connectivity index is 1.83. The van der Waals surface area contributed by atoms with Crippen LogP contribution in [0.2, 0.25) is 0 Å². The second-order valence-corrected chi connectivity index (χ2v) is 6.85. The summed E-state index contributed by atoms with van der Waals surface area (Å²) in [6, 6.07) is 6.48. The van der Waals surface area contributed by atoms with Crippen LogP contribution in [0.25, 0.3) is 10.9 Å². The van der Waals surface area contributed by atoms with Crippen molar-refractivity contribution in [3.8, 4) is 0 Å². The maximum Gasteiger partial charge on any atom is 0.306 e. The van der Waals surface area contributed by atoms with Crippen LogP contribution in [0, 0.1) is 5.92 Å². The third-order valence-electron chi connectivity index (χ3n) is 5.44. The summed E-state index contributed by atoms with van der Waals surface area (Å²) in [5, 5.41) is 10.5. The van der Waals surface area contributed by atoms with E-state index in [-0.39, 0.29) is 5.92 Å². The number of carboxylic acid groups (broad SMARTS) is 1. The smallest absolute Gasteiger partial charge is 0.306 e. The van der Waals surface area contributed by atoms with Gasteiger partial charge in [-0.2, -0.15) is 0 Å². The molecule has 0 amide bonds. The highest BCUT2D eigenvalue weighted by molar-refractivity contribution is 5.92. The molecule has 22 heavy (non-hydrogen) atoms. The van der Waals surface area contributed by atoms with Gasteiger partial charge in [0, 0.05) is 36.6 Å². The quantitative estimate of drug-likeness (QED) is 0.947. The normalized spacial score (nSPS) is 18.7. The van der Waals surface area contributed by atoms with Crippen molar-refractivity contribution in [2.24, 2.45) is 13.0 Å². The van der Waals surface area contributed by atoms with E-state index in [1.807, 2.05) is 0 Å². The summed E-state index contributed by atoms with van der Waals surface area (Å²) >= 11 is 0. The van der Waals surface area contributed by atoms with Gasteiger partial charge in [0.1, 0.15) is 5.82 Å². The summed E-state index contributed by atoms with van der Waals surface area (Å²) in [6.45, 7) is 4.12. The molecule has 3 aliphatic rings. The molecule has 0 aliphatic carbocycles. The molecule has 1 aromatic heterocycles. The van der Waals surface area contributed by atoms with Gasteiger partial charge in [0.05, 0.1) is 5.92 Å². The van der Waals surface area contributed by atoms with Crippen LogP contribution in [0.1, 0.15) is 36.8 Å². The predicted molar refractivity (Wildman–Crippen MR) is 87.6 cm³/mol. The topological polar surface area (TPSA) is 45.5 Å². The molecule has 4 heteroatoms. The molecule has 4 nitrogen and oxygen atoms in total. The number of rotatable bonds is 3. The number of fused-ring (bicyclic) bond motifs is 3. The van der Waals surface area contributed by atoms with Gasteiger partial charge in [-0.25, -0.2) is 0 Å². The van der Waals surface area contributed by atoms with Gasteiger partial charge in [-0.05, 0) is 42.9 Å². The van der Waals surface area contributed by atoms with Gasteiger partial charge < -0.3 is 14.6 Å². The number of benzene rings is 1. The van der Waals surface area contributed by atoms with E-state index in [2.05, 4.69) is 34.7 Å². The lowest BCUT2D eigenvalue weighted by Gasteiger charge is -2.41. The Hall–Kier alpha value is -1.97. The summed E-state index contributed by atoms with van der Waals surface area (Å²) in [6.07, 6.45) is 3.10. The third kappa shape index (κ3) is 1.86. The Labute approximate surface area is 130 Å². The number of aryl methyl sites for hydroxylation is 1. The van der Waals surface area contributed by atoms with Crippen molar-refractivity contribution in [1.29, 1.82) is 0 Å². The zero-order valence-corrected chi connectivity index (χ0v) is 13.2. The van der Waals surface area contributed by atoms with E-state index in [9.17, 15) is 4.79 Å². The van der Waals surface area contributed by atoms with E-state index in [4.69, 9.17) is 5.11 Å². The molecular weight excluding hydrogens is 276 g/mol. The van der Waals surface area contributed by atoms with E-state index in [1.165, 1.54) is 48.2 Å². The van der Waals surface area contributed by atoms with Crippen molar-refractivity contribution in [2.45, 2.75) is 32.1 Å². The van der Waals surface area contributed by atoms with E-state index in [0.717, 1.165) is 5.56 Å². The fourth-order valence-corrected chi connectivity index (χ4v) is 4.24. The van der Waals surface area contributed by atoms with Gasteiger partial charge in [-0.3, -0.25) is 4.79 Å². The van der Waals surface area contributed by atoms with Crippen LogP contribution in [0.4, 0.5) is 5.82 Å². The number of hydrogen-bond acceptors (Lipinski definition) is 2. The lowest BCUT2D eigenvalue weighted by molar-refractivity contribution is -0.141. The van der Waals surface area contributed by atoms with Gasteiger partial charge in [-0.1, -0.05) is 13.0 Å². The van der Waals surface area contributed by atoms with Crippen molar-refractivity contribution >= 4 is 22.7 Å². The second-order valence-electron chi connectivity index (χ2n) is 6.85. The van der Waals surface area contributed by atoms with Crippen LogP contribution < -0.4 is 4.90 Å². The number of aliphatic carboxylic acids is 1. The van der Waals surface area contributed by atoms with Crippen molar-refractivity contribution in [3.05, 3.63) is 29.3 Å². The standard InChI is InChI=1S/C18H22N2O2/c1-11(18(21)22)9-12-3-4-15-14(10-12)16-13-5-7-20(8-6-13)17(16)19(15)2/h3-4,10-11,13H,5-9H2,1-2H3,(H,21,22). The molecule has 2 bridgehead atoms. The molecule has 1 fully saturated rings. The Morgan fingerprint density at radius 2 is 2.09 bits per heavy atom. The Kier molecular flexibility index (Phi) is 2.96. The van der Waals surface area contributed by atoms with Crippen LogP contribution in [-0.4, -0.2) is 28.7 Å². The Bertz CT molecular complexity index is 754. The van der Waals surface area contributed by atoms with Crippen LogP contribution in [-0.2, 0) is 18.3 Å². The number of anilines is 1. The van der Waals surface area contributed by atoms with Crippen molar-refractivity contribution in [2.75, 3.05) is 18.0 Å². The molecule has 1 atom stereocenters. The van der Waals surface area contributed by atoms with Gasteiger partial charge in [0.2, 0.25) is 0 Å². The van der Waals surface area contributed by atoms with E-state index in [0.29, 0.717) is 12.3 Å². The zero-order valence-electron chi connectivity index (χ0n) is 13.2. The van der Waals surface area contributed by atoms with Crippen LogP contribution in [0.3, 0.4) is 0 Å². The number of aromatic nitrogens is 1. The highest BCUT2D eigenvalue weighted by Gasteiger charge is 2.35. The van der Waals surface area contributed by atoms with Gasteiger partial charge in [0.25, 0.3) is 0 Å². The van der Waals surface area contributed by atoms with Crippen LogP contribution >= 0.6 is 0 Å². The molecule has 1 unspecified atom stereocenters.